The largest absolute Gasteiger partial charge is 0.494 e. The molecular weight excluding hydrogens is 420 g/mol. The molecule has 2 amide bonds. The SMILES string of the molecule is CCOc1ccc(NC(=O)C(=O)NC[C@H](c2ccc3c(c2)CCN3C)N2CCOCC2)cc1. The van der Waals surface area contributed by atoms with Crippen molar-refractivity contribution >= 4 is 23.2 Å². The summed E-state index contributed by atoms with van der Waals surface area (Å²) in [5.74, 6) is -0.618. The summed E-state index contributed by atoms with van der Waals surface area (Å²) < 4.78 is 10.9. The minimum atomic E-state index is -0.685. The Bertz CT molecular complexity index is 973. The highest BCUT2D eigenvalue weighted by Crippen LogP contribution is 2.31. The number of hydrogen-bond donors (Lipinski definition) is 2. The van der Waals surface area contributed by atoms with Gasteiger partial charge in [-0.15, -0.1) is 0 Å². The van der Waals surface area contributed by atoms with Gasteiger partial charge in [0.2, 0.25) is 0 Å². The summed E-state index contributed by atoms with van der Waals surface area (Å²) in [6, 6.07) is 13.5. The third-order valence-corrected chi connectivity index (χ3v) is 6.19. The molecule has 2 N–H and O–H groups in total. The molecule has 0 unspecified atom stereocenters. The van der Waals surface area contributed by atoms with Crippen LogP contribution in [0.1, 0.15) is 24.1 Å². The van der Waals surface area contributed by atoms with Gasteiger partial charge in [0.1, 0.15) is 5.75 Å². The van der Waals surface area contributed by atoms with Crippen molar-refractivity contribution in [3.63, 3.8) is 0 Å². The molecule has 0 aromatic heterocycles. The van der Waals surface area contributed by atoms with Gasteiger partial charge in [-0.2, -0.15) is 0 Å². The summed E-state index contributed by atoms with van der Waals surface area (Å²) in [7, 11) is 2.11. The van der Waals surface area contributed by atoms with Crippen LogP contribution in [-0.2, 0) is 20.7 Å². The molecule has 0 spiro atoms. The fourth-order valence-electron chi connectivity index (χ4n) is 4.40. The first-order chi connectivity index (χ1) is 16.0. The maximum atomic E-state index is 12.6. The van der Waals surface area contributed by atoms with E-state index in [0.29, 0.717) is 37.8 Å². The van der Waals surface area contributed by atoms with Crippen molar-refractivity contribution in [2.45, 2.75) is 19.4 Å². The monoisotopic (exact) mass is 452 g/mol. The van der Waals surface area contributed by atoms with Crippen molar-refractivity contribution in [2.75, 3.05) is 63.3 Å². The molecule has 0 aliphatic carbocycles. The van der Waals surface area contributed by atoms with E-state index in [1.54, 1.807) is 24.3 Å². The van der Waals surface area contributed by atoms with Gasteiger partial charge in [0, 0.05) is 44.6 Å². The Balaban J connectivity index is 1.41. The summed E-state index contributed by atoms with van der Waals surface area (Å²) in [4.78, 5) is 29.6. The number of amides is 2. The molecule has 176 valence electrons. The van der Waals surface area contributed by atoms with E-state index < -0.39 is 11.8 Å². The smallest absolute Gasteiger partial charge is 0.313 e. The van der Waals surface area contributed by atoms with Crippen LogP contribution in [0.4, 0.5) is 11.4 Å². The standard InChI is InChI=1S/C25H32N4O4/c1-3-33-21-7-5-20(6-8-21)27-25(31)24(30)26-17-23(29-12-14-32-15-13-29)18-4-9-22-19(16-18)10-11-28(22)2/h4-9,16,23H,3,10-15,17H2,1-2H3,(H,26,30)(H,27,31)/t23-/m1/s1. The molecule has 33 heavy (non-hydrogen) atoms. The van der Waals surface area contributed by atoms with Gasteiger partial charge in [-0.1, -0.05) is 12.1 Å². The van der Waals surface area contributed by atoms with Crippen LogP contribution in [0.15, 0.2) is 42.5 Å². The number of likely N-dealkylation sites (N-methyl/N-ethyl adjacent to an activating group) is 1. The summed E-state index contributed by atoms with van der Waals surface area (Å²) in [6.07, 6.45) is 1.02. The average molecular weight is 453 g/mol. The van der Waals surface area contributed by atoms with E-state index in [0.717, 1.165) is 31.6 Å². The van der Waals surface area contributed by atoms with Crippen molar-refractivity contribution in [1.82, 2.24) is 10.2 Å². The highest BCUT2D eigenvalue weighted by molar-refractivity contribution is 6.39. The van der Waals surface area contributed by atoms with Crippen molar-refractivity contribution < 1.29 is 19.1 Å². The number of anilines is 2. The molecule has 4 rings (SSSR count). The minimum Gasteiger partial charge on any atom is -0.494 e. The Morgan fingerprint density at radius 3 is 2.55 bits per heavy atom. The first-order valence-electron chi connectivity index (χ1n) is 11.5. The van der Waals surface area contributed by atoms with E-state index in [1.807, 2.05) is 6.92 Å². The molecule has 2 aliphatic heterocycles. The van der Waals surface area contributed by atoms with Crippen LogP contribution in [0.3, 0.4) is 0 Å². The molecule has 1 saturated heterocycles. The number of ether oxygens (including phenoxy) is 2. The Morgan fingerprint density at radius 2 is 1.82 bits per heavy atom. The number of morpholine rings is 1. The maximum absolute atomic E-state index is 12.6. The second-order valence-corrected chi connectivity index (χ2v) is 8.35. The molecule has 2 heterocycles. The summed E-state index contributed by atoms with van der Waals surface area (Å²) in [6.45, 7) is 6.75. The Morgan fingerprint density at radius 1 is 1.06 bits per heavy atom. The number of carbonyl (C=O) groups is 2. The highest BCUT2D eigenvalue weighted by Gasteiger charge is 2.26. The third-order valence-electron chi connectivity index (χ3n) is 6.19. The predicted octanol–water partition coefficient (Wildman–Crippen LogP) is 2.21. The fraction of sp³-hybridized carbons (Fsp3) is 0.440. The number of nitrogens with one attached hydrogen (secondary N) is 2. The molecule has 8 heteroatoms. The van der Waals surface area contributed by atoms with Gasteiger partial charge in [0.25, 0.3) is 0 Å². The van der Waals surface area contributed by atoms with Gasteiger partial charge >= 0.3 is 11.8 Å². The Hall–Kier alpha value is -3.10. The van der Waals surface area contributed by atoms with Gasteiger partial charge in [-0.25, -0.2) is 0 Å². The Kier molecular flexibility index (Phi) is 7.47. The van der Waals surface area contributed by atoms with Crippen molar-refractivity contribution in [3.05, 3.63) is 53.6 Å². The summed E-state index contributed by atoms with van der Waals surface area (Å²) in [5, 5.41) is 5.49. The van der Waals surface area contributed by atoms with Crippen molar-refractivity contribution in [3.8, 4) is 5.75 Å². The normalized spacial score (nSPS) is 16.7. The van der Waals surface area contributed by atoms with E-state index in [4.69, 9.17) is 9.47 Å². The number of fused-ring (bicyclic) bond motifs is 1. The van der Waals surface area contributed by atoms with Crippen LogP contribution < -0.4 is 20.3 Å². The van der Waals surface area contributed by atoms with E-state index in [2.05, 4.69) is 45.7 Å². The topological polar surface area (TPSA) is 83.1 Å². The average Bonchev–Trinajstić information content (AvgIpc) is 3.21. The summed E-state index contributed by atoms with van der Waals surface area (Å²) >= 11 is 0. The zero-order valence-corrected chi connectivity index (χ0v) is 19.3. The quantitative estimate of drug-likeness (QED) is 0.627. The van der Waals surface area contributed by atoms with E-state index >= 15 is 0 Å². The minimum absolute atomic E-state index is 0.0210. The van der Waals surface area contributed by atoms with Crippen LogP contribution in [0, 0.1) is 0 Å². The van der Waals surface area contributed by atoms with E-state index in [-0.39, 0.29) is 6.04 Å². The zero-order valence-electron chi connectivity index (χ0n) is 19.3. The van der Waals surface area contributed by atoms with E-state index in [1.165, 1.54) is 11.3 Å². The number of hydrogen-bond acceptors (Lipinski definition) is 6. The van der Waals surface area contributed by atoms with Crippen LogP contribution in [0.25, 0.3) is 0 Å². The van der Waals surface area contributed by atoms with Gasteiger partial charge in [-0.05, 0) is 54.8 Å². The van der Waals surface area contributed by atoms with Crippen LogP contribution in [0.2, 0.25) is 0 Å². The van der Waals surface area contributed by atoms with E-state index in [9.17, 15) is 9.59 Å². The van der Waals surface area contributed by atoms with Gasteiger partial charge in [-0.3, -0.25) is 14.5 Å². The van der Waals surface area contributed by atoms with Gasteiger partial charge < -0.3 is 25.0 Å². The second kappa shape index (κ2) is 10.7. The molecule has 0 radical (unpaired) electrons. The number of benzene rings is 2. The molecule has 1 fully saturated rings. The maximum Gasteiger partial charge on any atom is 0.313 e. The molecule has 0 saturated carbocycles. The predicted molar refractivity (Wildman–Crippen MR) is 128 cm³/mol. The lowest BCUT2D eigenvalue weighted by Crippen LogP contribution is -2.45. The van der Waals surface area contributed by atoms with Crippen molar-refractivity contribution in [2.24, 2.45) is 0 Å². The molecule has 8 nitrogen and oxygen atoms in total. The Labute approximate surface area is 194 Å². The fourth-order valence-corrected chi connectivity index (χ4v) is 4.40. The zero-order chi connectivity index (χ0) is 23.2. The van der Waals surface area contributed by atoms with Crippen LogP contribution in [0.5, 0.6) is 5.75 Å². The van der Waals surface area contributed by atoms with Gasteiger partial charge in [0.15, 0.2) is 0 Å². The third kappa shape index (κ3) is 5.64. The first-order valence-corrected chi connectivity index (χ1v) is 11.5. The number of rotatable bonds is 7. The molecule has 2 aromatic rings. The summed E-state index contributed by atoms with van der Waals surface area (Å²) in [5.41, 5.74) is 4.29. The lowest BCUT2D eigenvalue weighted by atomic mass is 10.0. The lowest BCUT2D eigenvalue weighted by Gasteiger charge is -2.35. The molecular formula is C25H32N4O4. The van der Waals surface area contributed by atoms with Crippen LogP contribution >= 0.6 is 0 Å². The highest BCUT2D eigenvalue weighted by atomic mass is 16.5. The van der Waals surface area contributed by atoms with Crippen LogP contribution in [-0.4, -0.2) is 69.8 Å². The number of carbonyl (C=O) groups excluding carboxylic acids is 2. The second-order valence-electron chi connectivity index (χ2n) is 8.35. The first kappa shape index (κ1) is 23.1. The molecule has 2 aliphatic rings. The lowest BCUT2D eigenvalue weighted by molar-refractivity contribution is -0.136. The molecule has 0 bridgehead atoms. The van der Waals surface area contributed by atoms with Gasteiger partial charge in [0.05, 0.1) is 25.9 Å². The number of nitrogens with zero attached hydrogens (tertiary/aromatic N) is 2. The van der Waals surface area contributed by atoms with Crippen molar-refractivity contribution in [1.29, 1.82) is 0 Å². The molecule has 1 atom stereocenters. The molecule has 2 aromatic carbocycles.